The maximum absolute atomic E-state index is 12.7. The Kier molecular flexibility index (Phi) is 4.86. The van der Waals surface area contributed by atoms with Crippen LogP contribution in [0.3, 0.4) is 0 Å². The number of nitrogens with zero attached hydrogens (tertiary/aromatic N) is 3. The van der Waals surface area contributed by atoms with Crippen LogP contribution in [0.1, 0.15) is 21.8 Å². The highest BCUT2D eigenvalue weighted by atomic mass is 35.5. The fraction of sp³-hybridized carbons (Fsp3) is 0.375. The van der Waals surface area contributed by atoms with Gasteiger partial charge in [-0.3, -0.25) is 4.79 Å². The summed E-state index contributed by atoms with van der Waals surface area (Å²) in [6.07, 6.45) is 0. The van der Waals surface area contributed by atoms with Crippen LogP contribution in [-0.4, -0.2) is 54.9 Å². The summed E-state index contributed by atoms with van der Waals surface area (Å²) in [5.74, 6) is 0.285. The number of amides is 1. The number of aryl methyl sites for hydroxylation is 2. The van der Waals surface area contributed by atoms with Gasteiger partial charge in [0.2, 0.25) is 10.0 Å². The van der Waals surface area contributed by atoms with E-state index in [1.54, 1.807) is 30.9 Å². The van der Waals surface area contributed by atoms with Crippen LogP contribution in [0, 0.1) is 13.8 Å². The van der Waals surface area contributed by atoms with Gasteiger partial charge in [0.15, 0.2) is 0 Å². The summed E-state index contributed by atoms with van der Waals surface area (Å²) in [4.78, 5) is 14.4. The van der Waals surface area contributed by atoms with Crippen molar-refractivity contribution in [2.24, 2.45) is 0 Å². The van der Waals surface area contributed by atoms with Crippen molar-refractivity contribution in [1.29, 1.82) is 0 Å². The van der Waals surface area contributed by atoms with E-state index in [-0.39, 0.29) is 23.9 Å². The highest BCUT2D eigenvalue weighted by Crippen LogP contribution is 2.22. The Hall–Kier alpha value is -1.90. The van der Waals surface area contributed by atoms with Gasteiger partial charge in [0, 0.05) is 31.2 Å². The molecule has 0 N–H and O–H groups in total. The second-order valence-corrected chi connectivity index (χ2v) is 8.23. The molecule has 9 heteroatoms. The maximum atomic E-state index is 12.7. The van der Waals surface area contributed by atoms with Crippen LogP contribution in [0.5, 0.6) is 0 Å². The Bertz CT molecular complexity index is 882. The molecule has 2 heterocycles. The second kappa shape index (κ2) is 6.78. The molecule has 134 valence electrons. The molecule has 0 saturated carbocycles. The number of hydrogen-bond acceptors (Lipinski definition) is 5. The first-order chi connectivity index (χ1) is 11.8. The Balaban J connectivity index is 1.73. The van der Waals surface area contributed by atoms with Crippen LogP contribution in [0.15, 0.2) is 33.7 Å². The molecule has 1 fully saturated rings. The lowest BCUT2D eigenvalue weighted by Gasteiger charge is -2.34. The lowest BCUT2D eigenvalue weighted by Crippen LogP contribution is -2.50. The highest BCUT2D eigenvalue weighted by Gasteiger charge is 2.32. The first-order valence-corrected chi connectivity index (χ1v) is 9.60. The summed E-state index contributed by atoms with van der Waals surface area (Å²) in [5, 5.41) is 4.16. The molecule has 2 aromatic rings. The van der Waals surface area contributed by atoms with Crippen LogP contribution in [-0.2, 0) is 10.0 Å². The number of halogens is 1. The lowest BCUT2D eigenvalue weighted by molar-refractivity contribution is 0.0695. The van der Waals surface area contributed by atoms with Crippen LogP contribution < -0.4 is 0 Å². The van der Waals surface area contributed by atoms with Gasteiger partial charge in [0.25, 0.3) is 5.91 Å². The zero-order chi connectivity index (χ0) is 18.2. The minimum atomic E-state index is -3.62. The molecule has 1 aliphatic rings. The maximum Gasteiger partial charge on any atom is 0.259 e. The molecule has 3 rings (SSSR count). The third-order valence-corrected chi connectivity index (χ3v) is 6.34. The van der Waals surface area contributed by atoms with Gasteiger partial charge < -0.3 is 9.42 Å². The zero-order valence-corrected chi connectivity index (χ0v) is 15.5. The van der Waals surface area contributed by atoms with Gasteiger partial charge in [0.1, 0.15) is 11.3 Å². The number of hydrogen-bond donors (Lipinski definition) is 0. The van der Waals surface area contributed by atoms with Crippen LogP contribution in [0.2, 0.25) is 5.02 Å². The largest absolute Gasteiger partial charge is 0.361 e. The van der Waals surface area contributed by atoms with Crippen molar-refractivity contribution in [1.82, 2.24) is 14.4 Å². The summed E-state index contributed by atoms with van der Waals surface area (Å²) in [5.41, 5.74) is 0.989. The van der Waals surface area contributed by atoms with E-state index in [9.17, 15) is 13.2 Å². The number of carbonyl (C=O) groups is 1. The molecule has 1 aliphatic heterocycles. The average Bonchev–Trinajstić information content (AvgIpc) is 2.93. The van der Waals surface area contributed by atoms with Crippen molar-refractivity contribution < 1.29 is 17.7 Å². The van der Waals surface area contributed by atoms with Crippen molar-refractivity contribution in [3.05, 3.63) is 46.3 Å². The summed E-state index contributed by atoms with van der Waals surface area (Å²) in [7, 11) is -3.62. The first kappa shape index (κ1) is 17.9. The van der Waals surface area contributed by atoms with E-state index in [2.05, 4.69) is 5.16 Å². The predicted molar refractivity (Wildman–Crippen MR) is 92.1 cm³/mol. The summed E-state index contributed by atoms with van der Waals surface area (Å²) in [6.45, 7) is 4.47. The Morgan fingerprint density at radius 2 is 1.88 bits per heavy atom. The monoisotopic (exact) mass is 383 g/mol. The number of rotatable bonds is 3. The fourth-order valence-electron chi connectivity index (χ4n) is 2.85. The lowest BCUT2D eigenvalue weighted by atomic mass is 10.1. The number of sulfonamides is 1. The molecule has 1 aromatic heterocycles. The van der Waals surface area contributed by atoms with Gasteiger partial charge in [-0.1, -0.05) is 22.8 Å². The van der Waals surface area contributed by atoms with E-state index >= 15 is 0 Å². The molecule has 0 bridgehead atoms. The molecule has 7 nitrogen and oxygen atoms in total. The minimum Gasteiger partial charge on any atom is -0.361 e. The Morgan fingerprint density at radius 1 is 1.20 bits per heavy atom. The van der Waals surface area contributed by atoms with E-state index in [4.69, 9.17) is 16.1 Å². The van der Waals surface area contributed by atoms with Crippen LogP contribution in [0.4, 0.5) is 0 Å². The molecule has 1 aromatic carbocycles. The second-order valence-electron chi connectivity index (χ2n) is 5.85. The van der Waals surface area contributed by atoms with Crippen molar-refractivity contribution in [2.45, 2.75) is 18.7 Å². The fourth-order valence-corrected chi connectivity index (χ4v) is 4.58. The van der Waals surface area contributed by atoms with Gasteiger partial charge in [0.05, 0.1) is 10.6 Å². The van der Waals surface area contributed by atoms with Crippen molar-refractivity contribution in [3.63, 3.8) is 0 Å². The Morgan fingerprint density at radius 3 is 2.44 bits per heavy atom. The van der Waals surface area contributed by atoms with Gasteiger partial charge >= 0.3 is 0 Å². The molecular weight excluding hydrogens is 366 g/mol. The van der Waals surface area contributed by atoms with Crippen molar-refractivity contribution in [3.8, 4) is 0 Å². The Labute approximate surface area is 151 Å². The van der Waals surface area contributed by atoms with Gasteiger partial charge in [-0.05, 0) is 32.0 Å². The van der Waals surface area contributed by atoms with Gasteiger partial charge in [-0.2, -0.15) is 4.31 Å². The molecule has 1 amide bonds. The standard InChI is InChI=1S/C16H18ClN3O4S/c1-11-15(12(2)24-18-11)16(21)19-6-8-20(9-7-19)25(22,23)14-5-3-4-13(17)10-14/h3-5,10H,6-9H2,1-2H3. The van der Waals surface area contributed by atoms with E-state index in [1.807, 2.05) is 0 Å². The summed E-state index contributed by atoms with van der Waals surface area (Å²) < 4.78 is 31.8. The quantitative estimate of drug-likeness (QED) is 0.810. The number of carbonyl (C=O) groups excluding carboxylic acids is 1. The number of benzene rings is 1. The molecule has 0 radical (unpaired) electrons. The number of piperazine rings is 1. The van der Waals surface area contributed by atoms with Crippen molar-refractivity contribution in [2.75, 3.05) is 26.2 Å². The zero-order valence-electron chi connectivity index (χ0n) is 13.9. The highest BCUT2D eigenvalue weighted by molar-refractivity contribution is 7.89. The molecule has 0 aliphatic carbocycles. The first-order valence-electron chi connectivity index (χ1n) is 7.78. The third-order valence-electron chi connectivity index (χ3n) is 4.21. The van der Waals surface area contributed by atoms with E-state index in [1.165, 1.54) is 16.4 Å². The minimum absolute atomic E-state index is 0.158. The smallest absolute Gasteiger partial charge is 0.259 e. The van der Waals surface area contributed by atoms with Gasteiger partial charge in [-0.25, -0.2) is 8.42 Å². The molecule has 25 heavy (non-hydrogen) atoms. The predicted octanol–water partition coefficient (Wildman–Crippen LogP) is 2.09. The molecule has 0 unspecified atom stereocenters. The normalized spacial score (nSPS) is 16.2. The molecule has 0 atom stereocenters. The summed E-state index contributed by atoms with van der Waals surface area (Å²) >= 11 is 5.89. The van der Waals surface area contributed by atoms with Crippen molar-refractivity contribution >= 4 is 27.5 Å². The van der Waals surface area contributed by atoms with Crippen LogP contribution in [0.25, 0.3) is 0 Å². The SMILES string of the molecule is Cc1noc(C)c1C(=O)N1CCN(S(=O)(=O)c2cccc(Cl)c2)CC1. The van der Waals surface area contributed by atoms with E-state index < -0.39 is 10.0 Å². The average molecular weight is 384 g/mol. The number of aromatic nitrogens is 1. The van der Waals surface area contributed by atoms with E-state index in [0.29, 0.717) is 35.1 Å². The molecule has 0 spiro atoms. The van der Waals surface area contributed by atoms with E-state index in [0.717, 1.165) is 0 Å². The van der Waals surface area contributed by atoms with Crippen LogP contribution >= 0.6 is 11.6 Å². The summed E-state index contributed by atoms with van der Waals surface area (Å²) in [6, 6.07) is 6.17. The molecule has 1 saturated heterocycles. The third kappa shape index (κ3) is 3.42. The molecular formula is C16H18ClN3O4S. The van der Waals surface area contributed by atoms with Gasteiger partial charge in [-0.15, -0.1) is 0 Å². The topological polar surface area (TPSA) is 83.7 Å².